The SMILES string of the molecule is CCNC(CC)C(C)S(=O)(=O)c1ccc(F)cc1F. The molecule has 1 rings (SSSR count). The summed E-state index contributed by atoms with van der Waals surface area (Å²) in [4.78, 5) is -0.447. The molecule has 108 valence electrons. The van der Waals surface area contributed by atoms with Gasteiger partial charge in [-0.15, -0.1) is 0 Å². The van der Waals surface area contributed by atoms with E-state index in [1.54, 1.807) is 0 Å². The van der Waals surface area contributed by atoms with Gasteiger partial charge in [0.05, 0.1) is 5.25 Å². The second-order valence-corrected chi connectivity index (χ2v) is 6.67. The normalized spacial score (nSPS) is 15.2. The third-order valence-corrected chi connectivity index (χ3v) is 5.41. The molecule has 1 N–H and O–H groups in total. The fourth-order valence-electron chi connectivity index (χ4n) is 2.03. The molecule has 1 aromatic rings. The molecule has 19 heavy (non-hydrogen) atoms. The van der Waals surface area contributed by atoms with Crippen molar-refractivity contribution in [2.45, 2.75) is 43.4 Å². The summed E-state index contributed by atoms with van der Waals surface area (Å²) in [6.07, 6.45) is 0.608. The molecular formula is C13H19F2NO2S. The van der Waals surface area contributed by atoms with E-state index >= 15 is 0 Å². The lowest BCUT2D eigenvalue weighted by Crippen LogP contribution is -2.42. The first-order chi connectivity index (χ1) is 8.84. The van der Waals surface area contributed by atoms with Crippen molar-refractivity contribution in [1.29, 1.82) is 0 Å². The van der Waals surface area contributed by atoms with E-state index in [2.05, 4.69) is 5.32 Å². The zero-order valence-electron chi connectivity index (χ0n) is 11.3. The maximum Gasteiger partial charge on any atom is 0.185 e. The molecule has 0 aromatic heterocycles. The van der Waals surface area contributed by atoms with E-state index < -0.39 is 31.6 Å². The molecule has 0 amide bonds. The van der Waals surface area contributed by atoms with Crippen LogP contribution in [0.25, 0.3) is 0 Å². The fraction of sp³-hybridized carbons (Fsp3) is 0.538. The molecular weight excluding hydrogens is 272 g/mol. The summed E-state index contributed by atoms with van der Waals surface area (Å²) in [5.41, 5.74) is 0. The van der Waals surface area contributed by atoms with Crippen LogP contribution in [-0.2, 0) is 9.84 Å². The molecule has 0 saturated heterocycles. The van der Waals surface area contributed by atoms with E-state index in [-0.39, 0.29) is 6.04 Å². The van der Waals surface area contributed by atoms with Gasteiger partial charge in [0.2, 0.25) is 0 Å². The molecule has 2 atom stereocenters. The van der Waals surface area contributed by atoms with Crippen molar-refractivity contribution in [3.8, 4) is 0 Å². The van der Waals surface area contributed by atoms with E-state index in [0.29, 0.717) is 19.0 Å². The monoisotopic (exact) mass is 291 g/mol. The van der Waals surface area contributed by atoms with Crippen molar-refractivity contribution in [1.82, 2.24) is 5.32 Å². The van der Waals surface area contributed by atoms with Crippen molar-refractivity contribution in [3.05, 3.63) is 29.8 Å². The van der Waals surface area contributed by atoms with Crippen LogP contribution in [0.2, 0.25) is 0 Å². The van der Waals surface area contributed by atoms with Crippen LogP contribution in [0.1, 0.15) is 27.2 Å². The predicted molar refractivity (Wildman–Crippen MR) is 70.8 cm³/mol. The smallest absolute Gasteiger partial charge is 0.185 e. The summed E-state index contributed by atoms with van der Waals surface area (Å²) in [7, 11) is -3.82. The highest BCUT2D eigenvalue weighted by Crippen LogP contribution is 2.23. The van der Waals surface area contributed by atoms with Crippen LogP contribution in [0.3, 0.4) is 0 Å². The maximum atomic E-state index is 13.6. The number of hydrogen-bond acceptors (Lipinski definition) is 3. The second kappa shape index (κ2) is 6.43. The van der Waals surface area contributed by atoms with Crippen molar-refractivity contribution < 1.29 is 17.2 Å². The standard InChI is InChI=1S/C13H19F2NO2S/c1-4-12(16-5-2)9(3)19(17,18)13-7-6-10(14)8-11(13)15/h6-9,12,16H,4-5H2,1-3H3. The minimum Gasteiger partial charge on any atom is -0.313 e. The number of nitrogens with one attached hydrogen (secondary N) is 1. The van der Waals surface area contributed by atoms with E-state index in [1.165, 1.54) is 6.92 Å². The van der Waals surface area contributed by atoms with Gasteiger partial charge in [0.1, 0.15) is 16.5 Å². The Morgan fingerprint density at radius 2 is 1.89 bits per heavy atom. The first kappa shape index (κ1) is 16.0. The lowest BCUT2D eigenvalue weighted by Gasteiger charge is -2.23. The highest BCUT2D eigenvalue weighted by molar-refractivity contribution is 7.92. The number of hydrogen-bond donors (Lipinski definition) is 1. The van der Waals surface area contributed by atoms with Crippen molar-refractivity contribution in [2.75, 3.05) is 6.54 Å². The third-order valence-electron chi connectivity index (χ3n) is 3.16. The molecule has 0 aliphatic rings. The van der Waals surface area contributed by atoms with Crippen molar-refractivity contribution >= 4 is 9.84 Å². The van der Waals surface area contributed by atoms with E-state index in [0.717, 1.165) is 12.1 Å². The molecule has 0 bridgehead atoms. The molecule has 0 radical (unpaired) electrons. The van der Waals surface area contributed by atoms with Gasteiger partial charge in [-0.1, -0.05) is 13.8 Å². The lowest BCUT2D eigenvalue weighted by atomic mass is 10.2. The van der Waals surface area contributed by atoms with Gasteiger partial charge < -0.3 is 5.32 Å². The Morgan fingerprint density at radius 1 is 1.26 bits per heavy atom. The van der Waals surface area contributed by atoms with E-state index in [9.17, 15) is 17.2 Å². The van der Waals surface area contributed by atoms with Gasteiger partial charge in [0, 0.05) is 12.1 Å². The summed E-state index contributed by atoms with van der Waals surface area (Å²) >= 11 is 0. The van der Waals surface area contributed by atoms with Gasteiger partial charge in [-0.3, -0.25) is 0 Å². The second-order valence-electron chi connectivity index (χ2n) is 4.40. The number of halogens is 2. The van der Waals surface area contributed by atoms with Crippen LogP contribution in [0.15, 0.2) is 23.1 Å². The van der Waals surface area contributed by atoms with Gasteiger partial charge in [0.25, 0.3) is 0 Å². The Bertz CT molecular complexity index is 531. The molecule has 0 aliphatic carbocycles. The van der Waals surface area contributed by atoms with Gasteiger partial charge in [-0.25, -0.2) is 17.2 Å². The average molecular weight is 291 g/mol. The Balaban J connectivity index is 3.15. The van der Waals surface area contributed by atoms with Crippen LogP contribution < -0.4 is 5.32 Å². The van der Waals surface area contributed by atoms with Crippen molar-refractivity contribution in [2.24, 2.45) is 0 Å². The molecule has 1 aromatic carbocycles. The van der Waals surface area contributed by atoms with Gasteiger partial charge >= 0.3 is 0 Å². The fourth-order valence-corrected chi connectivity index (χ4v) is 3.74. The molecule has 0 heterocycles. The summed E-state index contributed by atoms with van der Waals surface area (Å²) in [5.74, 6) is -1.83. The Hall–Kier alpha value is -1.01. The molecule has 3 nitrogen and oxygen atoms in total. The molecule has 0 saturated carbocycles. The van der Waals surface area contributed by atoms with Gasteiger partial charge in [0.15, 0.2) is 9.84 Å². The quantitative estimate of drug-likeness (QED) is 0.819. The largest absolute Gasteiger partial charge is 0.313 e. The first-order valence-corrected chi connectivity index (χ1v) is 7.81. The zero-order valence-corrected chi connectivity index (χ0v) is 12.1. The van der Waals surface area contributed by atoms with Crippen molar-refractivity contribution in [3.63, 3.8) is 0 Å². The van der Waals surface area contributed by atoms with Crippen LogP contribution >= 0.6 is 0 Å². The minimum absolute atomic E-state index is 0.264. The maximum absolute atomic E-state index is 13.6. The third kappa shape index (κ3) is 3.51. The number of benzene rings is 1. The molecule has 0 spiro atoms. The molecule has 0 aliphatic heterocycles. The molecule has 0 fully saturated rings. The lowest BCUT2D eigenvalue weighted by molar-refractivity contribution is 0.479. The number of rotatable bonds is 6. The van der Waals surface area contributed by atoms with E-state index in [1.807, 2.05) is 13.8 Å². The predicted octanol–water partition coefficient (Wildman–Crippen LogP) is 2.52. The van der Waals surface area contributed by atoms with Crippen LogP contribution in [0.5, 0.6) is 0 Å². The van der Waals surface area contributed by atoms with Gasteiger partial charge in [-0.2, -0.15) is 0 Å². The minimum atomic E-state index is -3.82. The first-order valence-electron chi connectivity index (χ1n) is 6.26. The summed E-state index contributed by atoms with van der Waals surface area (Å²) < 4.78 is 51.1. The van der Waals surface area contributed by atoms with E-state index in [4.69, 9.17) is 0 Å². The van der Waals surface area contributed by atoms with Crippen LogP contribution in [-0.4, -0.2) is 26.3 Å². The zero-order chi connectivity index (χ0) is 14.6. The Morgan fingerprint density at radius 3 is 2.37 bits per heavy atom. The number of sulfone groups is 1. The van der Waals surface area contributed by atoms with Crippen LogP contribution in [0.4, 0.5) is 8.78 Å². The molecule has 2 unspecified atom stereocenters. The Labute approximate surface area is 112 Å². The summed E-state index contributed by atoms with van der Waals surface area (Å²) in [5, 5.41) is 2.28. The molecule has 6 heteroatoms. The highest BCUT2D eigenvalue weighted by Gasteiger charge is 2.31. The van der Waals surface area contributed by atoms with Gasteiger partial charge in [-0.05, 0) is 32.0 Å². The topological polar surface area (TPSA) is 46.2 Å². The summed E-state index contributed by atoms with van der Waals surface area (Å²) in [6.45, 7) is 5.90. The van der Waals surface area contributed by atoms with Crippen LogP contribution in [0, 0.1) is 11.6 Å². The summed E-state index contributed by atoms with van der Waals surface area (Å²) in [6, 6.07) is 2.26. The highest BCUT2D eigenvalue weighted by atomic mass is 32.2. The average Bonchev–Trinajstić information content (AvgIpc) is 2.34. The Kier molecular flexibility index (Phi) is 5.43.